The number of aliphatic carboxylic acids is 1. The maximum Gasteiger partial charge on any atom is 0.306 e. The molecule has 2 rings (SSSR count). The molecule has 0 amide bonds. The third kappa shape index (κ3) is 2.13. The van der Waals surface area contributed by atoms with Crippen LogP contribution < -0.4 is 4.90 Å². The van der Waals surface area contributed by atoms with E-state index in [0.717, 1.165) is 12.4 Å². The zero-order chi connectivity index (χ0) is 11.5. The van der Waals surface area contributed by atoms with Crippen LogP contribution in [-0.4, -0.2) is 33.6 Å². The van der Waals surface area contributed by atoms with Crippen LogP contribution in [0.25, 0.3) is 0 Å². The minimum atomic E-state index is -0.689. The van der Waals surface area contributed by atoms with Gasteiger partial charge >= 0.3 is 5.97 Å². The van der Waals surface area contributed by atoms with Crippen molar-refractivity contribution in [1.82, 2.24) is 9.97 Å². The molecule has 0 bridgehead atoms. The summed E-state index contributed by atoms with van der Waals surface area (Å²) >= 11 is 0. The molecule has 2 atom stereocenters. The predicted molar refractivity (Wildman–Crippen MR) is 59.2 cm³/mol. The van der Waals surface area contributed by atoms with Gasteiger partial charge in [0.05, 0.1) is 12.1 Å². The van der Waals surface area contributed by atoms with Crippen LogP contribution in [0, 0.1) is 5.92 Å². The smallest absolute Gasteiger partial charge is 0.306 e. The van der Waals surface area contributed by atoms with Crippen LogP contribution in [0.3, 0.4) is 0 Å². The van der Waals surface area contributed by atoms with Crippen LogP contribution in [0.15, 0.2) is 18.6 Å². The lowest BCUT2D eigenvalue weighted by molar-refractivity contribution is -0.142. The van der Waals surface area contributed by atoms with Crippen LogP contribution in [0.5, 0.6) is 0 Å². The summed E-state index contributed by atoms with van der Waals surface area (Å²) in [4.78, 5) is 21.3. The molecule has 2 unspecified atom stereocenters. The van der Waals surface area contributed by atoms with Gasteiger partial charge in [-0.1, -0.05) is 0 Å². The predicted octanol–water partition coefficient (Wildman–Crippen LogP) is 1.17. The van der Waals surface area contributed by atoms with Crippen molar-refractivity contribution >= 4 is 11.8 Å². The molecule has 0 spiro atoms. The fourth-order valence-electron chi connectivity index (χ4n) is 2.18. The highest BCUT2D eigenvalue weighted by atomic mass is 16.4. The van der Waals surface area contributed by atoms with E-state index >= 15 is 0 Å². The number of piperidine rings is 1. The summed E-state index contributed by atoms with van der Waals surface area (Å²) < 4.78 is 0. The summed E-state index contributed by atoms with van der Waals surface area (Å²) in [6.45, 7) is 2.76. The van der Waals surface area contributed by atoms with Crippen molar-refractivity contribution in [2.24, 2.45) is 5.92 Å². The maximum atomic E-state index is 10.9. The summed E-state index contributed by atoms with van der Waals surface area (Å²) in [7, 11) is 0. The van der Waals surface area contributed by atoms with Crippen LogP contribution in [-0.2, 0) is 4.79 Å². The topological polar surface area (TPSA) is 66.3 Å². The van der Waals surface area contributed by atoms with Gasteiger partial charge in [0.15, 0.2) is 0 Å². The first-order valence-corrected chi connectivity index (χ1v) is 5.44. The lowest BCUT2D eigenvalue weighted by Crippen LogP contribution is -2.43. The Kier molecular flexibility index (Phi) is 3.03. The van der Waals surface area contributed by atoms with Crippen LogP contribution in [0.2, 0.25) is 0 Å². The second kappa shape index (κ2) is 4.47. The Hall–Kier alpha value is -1.65. The number of nitrogens with zero attached hydrogens (tertiary/aromatic N) is 3. The highest BCUT2D eigenvalue weighted by Crippen LogP contribution is 2.26. The SMILES string of the molecule is CC1CC(C(=O)O)CCN1c1cnccn1. The van der Waals surface area contributed by atoms with Gasteiger partial charge in [-0.3, -0.25) is 9.78 Å². The molecule has 16 heavy (non-hydrogen) atoms. The van der Waals surface area contributed by atoms with Gasteiger partial charge in [-0.15, -0.1) is 0 Å². The number of carboxylic acids is 1. The van der Waals surface area contributed by atoms with E-state index in [0.29, 0.717) is 12.8 Å². The van der Waals surface area contributed by atoms with Crippen molar-refractivity contribution in [3.05, 3.63) is 18.6 Å². The Balaban J connectivity index is 2.08. The van der Waals surface area contributed by atoms with Gasteiger partial charge in [-0.2, -0.15) is 0 Å². The van der Waals surface area contributed by atoms with Crippen molar-refractivity contribution in [2.75, 3.05) is 11.4 Å². The first-order chi connectivity index (χ1) is 7.68. The van der Waals surface area contributed by atoms with Crippen molar-refractivity contribution in [2.45, 2.75) is 25.8 Å². The molecule has 5 heteroatoms. The van der Waals surface area contributed by atoms with Gasteiger partial charge in [-0.05, 0) is 19.8 Å². The van der Waals surface area contributed by atoms with Crippen molar-refractivity contribution in [3.63, 3.8) is 0 Å². The van der Waals surface area contributed by atoms with Crippen LogP contribution >= 0.6 is 0 Å². The Bertz CT molecular complexity index is 369. The normalized spacial score (nSPS) is 25.4. The van der Waals surface area contributed by atoms with Crippen molar-refractivity contribution in [1.29, 1.82) is 0 Å². The van der Waals surface area contributed by atoms with Crippen molar-refractivity contribution in [3.8, 4) is 0 Å². The second-order valence-electron chi connectivity index (χ2n) is 4.17. The quantitative estimate of drug-likeness (QED) is 0.811. The molecule has 2 heterocycles. The van der Waals surface area contributed by atoms with Gasteiger partial charge in [-0.25, -0.2) is 4.98 Å². The third-order valence-corrected chi connectivity index (χ3v) is 3.07. The number of carboxylic acid groups (broad SMARTS) is 1. The molecule has 1 aliphatic rings. The average Bonchev–Trinajstić information content (AvgIpc) is 2.30. The lowest BCUT2D eigenvalue weighted by atomic mass is 9.92. The molecule has 0 aliphatic carbocycles. The lowest BCUT2D eigenvalue weighted by Gasteiger charge is -2.36. The molecular formula is C11H15N3O2. The van der Waals surface area contributed by atoms with E-state index in [1.54, 1.807) is 18.6 Å². The molecule has 86 valence electrons. The summed E-state index contributed by atoms with van der Waals surface area (Å²) in [5.74, 6) is -0.0765. The van der Waals surface area contributed by atoms with Gasteiger partial charge in [0.1, 0.15) is 5.82 Å². The number of hydrogen-bond acceptors (Lipinski definition) is 4. The van der Waals surface area contributed by atoms with Gasteiger partial charge in [0, 0.05) is 25.0 Å². The summed E-state index contributed by atoms with van der Waals surface area (Å²) in [5.41, 5.74) is 0. The van der Waals surface area contributed by atoms with Gasteiger partial charge in [0.2, 0.25) is 0 Å². The van der Waals surface area contributed by atoms with E-state index in [2.05, 4.69) is 14.9 Å². The molecular weight excluding hydrogens is 206 g/mol. The molecule has 1 aliphatic heterocycles. The largest absolute Gasteiger partial charge is 0.481 e. The minimum Gasteiger partial charge on any atom is -0.481 e. The van der Waals surface area contributed by atoms with Crippen LogP contribution in [0.1, 0.15) is 19.8 Å². The summed E-state index contributed by atoms with van der Waals surface area (Å²) in [6.07, 6.45) is 6.36. The molecule has 0 saturated carbocycles. The zero-order valence-electron chi connectivity index (χ0n) is 9.21. The minimum absolute atomic E-state index is 0.201. The summed E-state index contributed by atoms with van der Waals surface area (Å²) in [5, 5.41) is 8.97. The third-order valence-electron chi connectivity index (χ3n) is 3.07. The second-order valence-corrected chi connectivity index (χ2v) is 4.17. The zero-order valence-corrected chi connectivity index (χ0v) is 9.21. The van der Waals surface area contributed by atoms with E-state index in [4.69, 9.17) is 5.11 Å². The van der Waals surface area contributed by atoms with E-state index < -0.39 is 5.97 Å². The average molecular weight is 221 g/mol. The van der Waals surface area contributed by atoms with Gasteiger partial charge < -0.3 is 10.0 Å². The molecule has 1 aromatic heterocycles. The number of anilines is 1. The molecule has 1 aromatic rings. The number of hydrogen-bond donors (Lipinski definition) is 1. The van der Waals surface area contributed by atoms with E-state index in [9.17, 15) is 4.79 Å². The first kappa shape index (κ1) is 10.9. The Labute approximate surface area is 94.1 Å². The molecule has 1 N–H and O–H groups in total. The Morgan fingerprint density at radius 3 is 2.94 bits per heavy atom. The van der Waals surface area contributed by atoms with Crippen LogP contribution in [0.4, 0.5) is 5.82 Å². The van der Waals surface area contributed by atoms with Gasteiger partial charge in [0.25, 0.3) is 0 Å². The highest BCUT2D eigenvalue weighted by Gasteiger charge is 2.30. The fraction of sp³-hybridized carbons (Fsp3) is 0.545. The van der Waals surface area contributed by atoms with E-state index in [1.807, 2.05) is 6.92 Å². The highest BCUT2D eigenvalue weighted by molar-refractivity contribution is 5.70. The molecule has 1 saturated heterocycles. The van der Waals surface area contributed by atoms with Crippen molar-refractivity contribution < 1.29 is 9.90 Å². The fourth-order valence-corrected chi connectivity index (χ4v) is 2.18. The Morgan fingerprint density at radius 1 is 1.56 bits per heavy atom. The van der Waals surface area contributed by atoms with E-state index in [1.165, 1.54) is 0 Å². The maximum absolute atomic E-state index is 10.9. The van der Waals surface area contributed by atoms with E-state index in [-0.39, 0.29) is 12.0 Å². The Morgan fingerprint density at radius 2 is 2.38 bits per heavy atom. The molecule has 5 nitrogen and oxygen atoms in total. The molecule has 0 radical (unpaired) electrons. The number of rotatable bonds is 2. The monoisotopic (exact) mass is 221 g/mol. The first-order valence-electron chi connectivity index (χ1n) is 5.44. The number of aromatic nitrogens is 2. The molecule has 1 fully saturated rings. The summed E-state index contributed by atoms with van der Waals surface area (Å²) in [6, 6.07) is 0.201. The standard InChI is InChI=1S/C11H15N3O2/c1-8-6-9(11(15)16)2-5-14(8)10-7-12-3-4-13-10/h3-4,7-9H,2,5-6H2,1H3,(H,15,16). The number of carbonyl (C=O) groups is 1. The molecule has 0 aromatic carbocycles.